The van der Waals surface area contributed by atoms with Gasteiger partial charge in [0.15, 0.2) is 0 Å². The summed E-state index contributed by atoms with van der Waals surface area (Å²) in [4.78, 5) is 15.0. The van der Waals surface area contributed by atoms with Crippen molar-refractivity contribution in [2.24, 2.45) is 23.7 Å². The van der Waals surface area contributed by atoms with Crippen molar-refractivity contribution < 1.29 is 4.79 Å². The maximum Gasteiger partial charge on any atom is 0.247 e. The Morgan fingerprint density at radius 2 is 1.67 bits per heavy atom. The van der Waals surface area contributed by atoms with Crippen molar-refractivity contribution in [1.82, 2.24) is 4.90 Å². The topological polar surface area (TPSA) is 20.3 Å². The smallest absolute Gasteiger partial charge is 0.247 e. The minimum atomic E-state index is 0.149. The van der Waals surface area contributed by atoms with Crippen LogP contribution in [0.2, 0.25) is 0 Å². The highest BCUT2D eigenvalue weighted by Crippen LogP contribution is 2.55. The van der Waals surface area contributed by atoms with E-state index in [0.29, 0.717) is 12.6 Å². The Labute approximate surface area is 145 Å². The van der Waals surface area contributed by atoms with Crippen LogP contribution >= 0.6 is 0 Å². The van der Waals surface area contributed by atoms with Crippen LogP contribution in [0.4, 0.5) is 0 Å². The van der Waals surface area contributed by atoms with E-state index < -0.39 is 0 Å². The molecule has 1 aromatic carbocycles. The Balaban J connectivity index is 1.52. The predicted octanol–water partition coefficient (Wildman–Crippen LogP) is 4.54. The van der Waals surface area contributed by atoms with E-state index in [1.165, 1.54) is 32.1 Å². The van der Waals surface area contributed by atoms with Gasteiger partial charge in [-0.25, -0.2) is 0 Å². The van der Waals surface area contributed by atoms with Gasteiger partial charge in [0.05, 0.1) is 0 Å². The zero-order valence-electron chi connectivity index (χ0n) is 14.3. The highest BCUT2D eigenvalue weighted by molar-refractivity contribution is 5.92. The first-order valence-corrected chi connectivity index (χ1v) is 9.39. The standard InChI is InChI=1S/C22H27NO/c1-2-10-23(21(24)9-8-16-6-4-3-5-7-16)22-19-12-17-11-18(14-19)15-20(22)13-17/h2-9,17-20,22H,1,10-15H2. The minimum absolute atomic E-state index is 0.149. The van der Waals surface area contributed by atoms with Gasteiger partial charge in [0.2, 0.25) is 5.91 Å². The highest BCUT2D eigenvalue weighted by atomic mass is 16.2. The minimum Gasteiger partial charge on any atom is -0.332 e. The van der Waals surface area contributed by atoms with Crippen LogP contribution in [-0.4, -0.2) is 23.4 Å². The molecule has 1 aromatic rings. The fourth-order valence-electron chi connectivity index (χ4n) is 5.73. The van der Waals surface area contributed by atoms with Gasteiger partial charge in [-0.15, -0.1) is 6.58 Å². The quantitative estimate of drug-likeness (QED) is 0.576. The van der Waals surface area contributed by atoms with Gasteiger partial charge in [-0.1, -0.05) is 36.4 Å². The molecule has 2 nitrogen and oxygen atoms in total. The van der Waals surface area contributed by atoms with Crippen LogP contribution in [0, 0.1) is 23.7 Å². The van der Waals surface area contributed by atoms with Crippen molar-refractivity contribution in [1.29, 1.82) is 0 Å². The fourth-order valence-corrected chi connectivity index (χ4v) is 5.73. The Morgan fingerprint density at radius 3 is 2.25 bits per heavy atom. The van der Waals surface area contributed by atoms with Gasteiger partial charge in [-0.05, 0) is 67.4 Å². The molecule has 0 aliphatic heterocycles. The van der Waals surface area contributed by atoms with Crippen molar-refractivity contribution in [3.63, 3.8) is 0 Å². The van der Waals surface area contributed by atoms with Crippen molar-refractivity contribution >= 4 is 12.0 Å². The molecule has 0 saturated heterocycles. The second kappa shape index (κ2) is 6.58. The normalized spacial score (nSPS) is 33.8. The first-order chi connectivity index (χ1) is 11.7. The lowest BCUT2D eigenvalue weighted by atomic mass is 9.54. The Bertz CT molecular complexity index is 605. The summed E-state index contributed by atoms with van der Waals surface area (Å²) in [5.74, 6) is 3.45. The van der Waals surface area contributed by atoms with Gasteiger partial charge in [0, 0.05) is 18.7 Å². The zero-order valence-corrected chi connectivity index (χ0v) is 14.3. The molecular weight excluding hydrogens is 294 g/mol. The maximum atomic E-state index is 12.9. The molecule has 4 fully saturated rings. The lowest BCUT2D eigenvalue weighted by molar-refractivity contribution is -0.137. The molecule has 24 heavy (non-hydrogen) atoms. The van der Waals surface area contributed by atoms with E-state index in [2.05, 4.69) is 11.5 Å². The average molecular weight is 321 g/mol. The first-order valence-electron chi connectivity index (χ1n) is 9.39. The summed E-state index contributed by atoms with van der Waals surface area (Å²) in [5, 5.41) is 0. The van der Waals surface area contributed by atoms with E-state index in [9.17, 15) is 4.79 Å². The summed E-state index contributed by atoms with van der Waals surface area (Å²) in [6.45, 7) is 4.57. The molecule has 4 aliphatic rings. The SMILES string of the molecule is C=CCN(C(=O)C=Cc1ccccc1)C1C2CC3CC(C2)CC1C3. The van der Waals surface area contributed by atoms with Gasteiger partial charge in [0.25, 0.3) is 0 Å². The summed E-state index contributed by atoms with van der Waals surface area (Å²) in [5.41, 5.74) is 1.08. The Morgan fingerprint density at radius 1 is 1.04 bits per heavy atom. The van der Waals surface area contributed by atoms with Crippen LogP contribution < -0.4 is 0 Å². The third-order valence-electron chi connectivity index (χ3n) is 6.36. The second-order valence-electron chi connectivity index (χ2n) is 7.94. The van der Waals surface area contributed by atoms with Gasteiger partial charge in [-0.3, -0.25) is 4.79 Å². The monoisotopic (exact) mass is 321 g/mol. The fraction of sp³-hybridized carbons (Fsp3) is 0.500. The molecule has 0 atom stereocenters. The molecule has 126 valence electrons. The van der Waals surface area contributed by atoms with E-state index >= 15 is 0 Å². The molecule has 5 rings (SSSR count). The Kier molecular flexibility index (Phi) is 4.30. The van der Waals surface area contributed by atoms with Crippen LogP contribution in [0.1, 0.15) is 37.7 Å². The van der Waals surface area contributed by atoms with Crippen LogP contribution in [-0.2, 0) is 4.79 Å². The van der Waals surface area contributed by atoms with Crippen molar-refractivity contribution in [2.45, 2.75) is 38.1 Å². The number of carbonyl (C=O) groups excluding carboxylic acids is 1. The molecule has 0 N–H and O–H groups in total. The number of nitrogens with zero attached hydrogens (tertiary/aromatic N) is 1. The van der Waals surface area contributed by atoms with Crippen LogP contribution in [0.3, 0.4) is 0 Å². The summed E-state index contributed by atoms with van der Waals surface area (Å²) in [7, 11) is 0. The van der Waals surface area contributed by atoms with Crippen LogP contribution in [0.5, 0.6) is 0 Å². The van der Waals surface area contributed by atoms with E-state index in [1.807, 2.05) is 42.5 Å². The number of hydrogen-bond acceptors (Lipinski definition) is 1. The zero-order chi connectivity index (χ0) is 16.5. The molecule has 1 amide bonds. The van der Waals surface area contributed by atoms with Crippen LogP contribution in [0.15, 0.2) is 49.1 Å². The van der Waals surface area contributed by atoms with Crippen LogP contribution in [0.25, 0.3) is 6.08 Å². The number of benzene rings is 1. The van der Waals surface area contributed by atoms with Crippen molar-refractivity contribution in [3.8, 4) is 0 Å². The molecule has 0 radical (unpaired) electrons. The van der Waals surface area contributed by atoms with Crippen molar-refractivity contribution in [2.75, 3.05) is 6.54 Å². The van der Waals surface area contributed by atoms with E-state index in [0.717, 1.165) is 29.2 Å². The van der Waals surface area contributed by atoms with Crippen molar-refractivity contribution in [3.05, 3.63) is 54.6 Å². The van der Waals surface area contributed by atoms with Gasteiger partial charge in [0.1, 0.15) is 0 Å². The second-order valence-corrected chi connectivity index (χ2v) is 7.94. The number of amides is 1. The summed E-state index contributed by atoms with van der Waals surface area (Å²) in [6.07, 6.45) is 12.4. The van der Waals surface area contributed by atoms with Gasteiger partial charge < -0.3 is 4.90 Å². The van der Waals surface area contributed by atoms with E-state index in [1.54, 1.807) is 6.08 Å². The number of rotatable bonds is 5. The molecule has 4 aliphatic carbocycles. The van der Waals surface area contributed by atoms with E-state index in [-0.39, 0.29) is 5.91 Å². The maximum absolute atomic E-state index is 12.9. The van der Waals surface area contributed by atoms with Gasteiger partial charge in [-0.2, -0.15) is 0 Å². The van der Waals surface area contributed by atoms with E-state index in [4.69, 9.17) is 0 Å². The summed E-state index contributed by atoms with van der Waals surface area (Å²) in [6, 6.07) is 10.5. The summed E-state index contributed by atoms with van der Waals surface area (Å²) >= 11 is 0. The molecule has 0 heterocycles. The number of hydrogen-bond donors (Lipinski definition) is 0. The molecule has 2 heteroatoms. The Hall–Kier alpha value is -1.83. The summed E-state index contributed by atoms with van der Waals surface area (Å²) < 4.78 is 0. The highest BCUT2D eigenvalue weighted by Gasteiger charge is 2.50. The molecule has 4 saturated carbocycles. The molecule has 0 unspecified atom stereocenters. The third kappa shape index (κ3) is 2.94. The average Bonchev–Trinajstić information content (AvgIpc) is 2.59. The molecular formula is C22H27NO. The third-order valence-corrected chi connectivity index (χ3v) is 6.36. The predicted molar refractivity (Wildman–Crippen MR) is 98.2 cm³/mol. The largest absolute Gasteiger partial charge is 0.332 e. The molecule has 4 bridgehead atoms. The molecule has 0 spiro atoms. The molecule has 0 aromatic heterocycles. The lowest BCUT2D eigenvalue weighted by Crippen LogP contribution is -2.57. The van der Waals surface area contributed by atoms with Gasteiger partial charge >= 0.3 is 0 Å². The number of carbonyl (C=O) groups is 1. The lowest BCUT2D eigenvalue weighted by Gasteiger charge is -2.57. The first kappa shape index (κ1) is 15.7.